The first-order valence-corrected chi connectivity index (χ1v) is 9.56. The van der Waals surface area contributed by atoms with Gasteiger partial charge in [0.25, 0.3) is 0 Å². The molecule has 1 aromatic carbocycles. The molecule has 0 amide bonds. The van der Waals surface area contributed by atoms with Gasteiger partial charge in [-0.2, -0.15) is 0 Å². The van der Waals surface area contributed by atoms with Crippen LogP contribution in [0.3, 0.4) is 0 Å². The zero-order chi connectivity index (χ0) is 17.1. The first kappa shape index (κ1) is 16.4. The largest absolute Gasteiger partial charge is 0.461 e. The molecule has 0 spiro atoms. The maximum absolute atomic E-state index is 5.82. The Kier molecular flexibility index (Phi) is 4.90. The van der Waals surface area contributed by atoms with Crippen LogP contribution in [-0.4, -0.2) is 27.5 Å². The molecule has 0 N–H and O–H groups in total. The van der Waals surface area contributed by atoms with E-state index in [-0.39, 0.29) is 6.10 Å². The van der Waals surface area contributed by atoms with Gasteiger partial charge in [-0.3, -0.25) is 4.57 Å². The van der Waals surface area contributed by atoms with Crippen molar-refractivity contribution in [1.29, 1.82) is 0 Å². The third-order valence-electron chi connectivity index (χ3n) is 4.49. The van der Waals surface area contributed by atoms with E-state index in [2.05, 4.69) is 46.0 Å². The van der Waals surface area contributed by atoms with Gasteiger partial charge in [0.15, 0.2) is 10.9 Å². The molecule has 0 aliphatic carbocycles. The topological polar surface area (TPSA) is 53.1 Å². The molecule has 2 aromatic heterocycles. The maximum Gasteiger partial charge on any atom is 0.200 e. The van der Waals surface area contributed by atoms with E-state index in [1.807, 2.05) is 12.1 Å². The van der Waals surface area contributed by atoms with E-state index in [4.69, 9.17) is 9.15 Å². The Morgan fingerprint density at radius 2 is 2.12 bits per heavy atom. The van der Waals surface area contributed by atoms with Crippen LogP contribution in [0.4, 0.5) is 0 Å². The average molecular weight is 355 g/mol. The Bertz CT molecular complexity index is 823. The van der Waals surface area contributed by atoms with Gasteiger partial charge in [-0.1, -0.05) is 36.0 Å². The Hall–Kier alpha value is -2.05. The van der Waals surface area contributed by atoms with Gasteiger partial charge >= 0.3 is 0 Å². The Labute approximate surface area is 151 Å². The molecule has 5 nitrogen and oxygen atoms in total. The minimum Gasteiger partial charge on any atom is -0.461 e. The van der Waals surface area contributed by atoms with Crippen LogP contribution >= 0.6 is 11.8 Å². The van der Waals surface area contributed by atoms with Crippen LogP contribution in [0.2, 0.25) is 0 Å². The minimum atomic E-state index is 0.225. The molecule has 4 rings (SSSR count). The van der Waals surface area contributed by atoms with Gasteiger partial charge in [-0.15, -0.1) is 10.2 Å². The van der Waals surface area contributed by atoms with Crippen molar-refractivity contribution < 1.29 is 9.15 Å². The van der Waals surface area contributed by atoms with E-state index in [0.29, 0.717) is 0 Å². The third-order valence-corrected chi connectivity index (χ3v) is 5.50. The van der Waals surface area contributed by atoms with Crippen molar-refractivity contribution in [2.45, 2.75) is 43.3 Å². The molecular weight excluding hydrogens is 334 g/mol. The molecule has 0 bridgehead atoms. The summed E-state index contributed by atoms with van der Waals surface area (Å²) in [5, 5.41) is 9.71. The van der Waals surface area contributed by atoms with E-state index < -0.39 is 0 Å². The van der Waals surface area contributed by atoms with Crippen LogP contribution < -0.4 is 0 Å². The predicted octanol–water partition coefficient (Wildman–Crippen LogP) is 4.32. The second-order valence-corrected chi connectivity index (χ2v) is 7.19. The van der Waals surface area contributed by atoms with Crippen molar-refractivity contribution in [2.75, 3.05) is 6.61 Å². The molecule has 1 aliphatic rings. The van der Waals surface area contributed by atoms with Crippen LogP contribution in [0.5, 0.6) is 0 Å². The summed E-state index contributed by atoms with van der Waals surface area (Å²) >= 11 is 1.71. The average Bonchev–Trinajstić information content (AvgIpc) is 3.37. The van der Waals surface area contributed by atoms with Crippen molar-refractivity contribution in [3.05, 3.63) is 53.8 Å². The smallest absolute Gasteiger partial charge is 0.200 e. The standard InChI is InChI=1S/C19H21N3O2S/c1-14-6-2-3-7-15(14)13-25-19-21-20-18(17-9-5-11-24-17)22(19)12-16-8-4-10-23-16/h2-3,5-7,9,11,16H,4,8,10,12-13H2,1H3. The molecule has 1 atom stereocenters. The van der Waals surface area contributed by atoms with Gasteiger partial charge < -0.3 is 9.15 Å². The quantitative estimate of drug-likeness (QED) is 0.617. The molecule has 0 radical (unpaired) electrons. The lowest BCUT2D eigenvalue weighted by molar-refractivity contribution is 0.0952. The number of aryl methyl sites for hydroxylation is 1. The molecule has 130 valence electrons. The van der Waals surface area contributed by atoms with E-state index >= 15 is 0 Å². The third kappa shape index (κ3) is 3.65. The van der Waals surface area contributed by atoms with E-state index in [1.54, 1.807) is 18.0 Å². The highest BCUT2D eigenvalue weighted by Gasteiger charge is 2.22. The van der Waals surface area contributed by atoms with E-state index in [9.17, 15) is 0 Å². The Morgan fingerprint density at radius 3 is 2.88 bits per heavy atom. The van der Waals surface area contributed by atoms with Gasteiger partial charge in [0, 0.05) is 12.4 Å². The molecule has 1 fully saturated rings. The van der Waals surface area contributed by atoms with Gasteiger partial charge in [0.2, 0.25) is 5.82 Å². The highest BCUT2D eigenvalue weighted by molar-refractivity contribution is 7.98. The summed E-state index contributed by atoms with van der Waals surface area (Å²) < 4.78 is 13.5. The molecule has 3 aromatic rings. The number of hydrogen-bond acceptors (Lipinski definition) is 5. The molecule has 3 heterocycles. The van der Waals surface area contributed by atoms with Gasteiger partial charge in [-0.05, 0) is 43.0 Å². The van der Waals surface area contributed by atoms with Crippen LogP contribution in [0.1, 0.15) is 24.0 Å². The lowest BCUT2D eigenvalue weighted by Crippen LogP contribution is -2.16. The number of benzene rings is 1. The van der Waals surface area contributed by atoms with Gasteiger partial charge in [0.1, 0.15) is 0 Å². The minimum absolute atomic E-state index is 0.225. The molecule has 1 aliphatic heterocycles. The van der Waals surface area contributed by atoms with Crippen molar-refractivity contribution in [2.24, 2.45) is 0 Å². The van der Waals surface area contributed by atoms with Crippen LogP contribution in [0.15, 0.2) is 52.2 Å². The Morgan fingerprint density at radius 1 is 1.20 bits per heavy atom. The molecule has 25 heavy (non-hydrogen) atoms. The number of ether oxygens (including phenoxy) is 1. The van der Waals surface area contributed by atoms with E-state index in [1.165, 1.54) is 11.1 Å². The molecule has 1 saturated heterocycles. The fraction of sp³-hybridized carbons (Fsp3) is 0.368. The zero-order valence-electron chi connectivity index (χ0n) is 14.2. The van der Waals surface area contributed by atoms with Crippen molar-refractivity contribution in [1.82, 2.24) is 14.8 Å². The lowest BCUT2D eigenvalue weighted by Gasteiger charge is -2.14. The lowest BCUT2D eigenvalue weighted by atomic mass is 10.1. The summed E-state index contributed by atoms with van der Waals surface area (Å²) in [6.07, 6.45) is 4.09. The van der Waals surface area contributed by atoms with Crippen LogP contribution in [0, 0.1) is 6.92 Å². The number of nitrogens with zero attached hydrogens (tertiary/aromatic N) is 3. The summed E-state index contributed by atoms with van der Waals surface area (Å²) in [6, 6.07) is 12.2. The Balaban J connectivity index is 1.59. The van der Waals surface area contributed by atoms with Gasteiger partial charge in [0.05, 0.1) is 18.9 Å². The number of aromatic nitrogens is 3. The van der Waals surface area contributed by atoms with Gasteiger partial charge in [-0.25, -0.2) is 0 Å². The van der Waals surface area contributed by atoms with E-state index in [0.717, 1.165) is 48.5 Å². The number of furan rings is 1. The number of rotatable bonds is 6. The summed E-state index contributed by atoms with van der Waals surface area (Å²) in [5.41, 5.74) is 2.62. The predicted molar refractivity (Wildman–Crippen MR) is 97.4 cm³/mol. The fourth-order valence-corrected chi connectivity index (χ4v) is 4.08. The molecular formula is C19H21N3O2S. The number of hydrogen-bond donors (Lipinski definition) is 0. The summed E-state index contributed by atoms with van der Waals surface area (Å²) in [4.78, 5) is 0. The monoisotopic (exact) mass is 355 g/mol. The maximum atomic E-state index is 5.82. The highest BCUT2D eigenvalue weighted by atomic mass is 32.2. The first-order valence-electron chi connectivity index (χ1n) is 8.57. The fourth-order valence-electron chi connectivity index (χ4n) is 3.05. The van der Waals surface area contributed by atoms with Crippen molar-refractivity contribution >= 4 is 11.8 Å². The normalized spacial score (nSPS) is 17.2. The first-order chi connectivity index (χ1) is 12.3. The second-order valence-electron chi connectivity index (χ2n) is 6.24. The molecule has 0 saturated carbocycles. The summed E-state index contributed by atoms with van der Waals surface area (Å²) in [5.74, 6) is 2.38. The van der Waals surface area contributed by atoms with Crippen LogP contribution in [-0.2, 0) is 17.0 Å². The SMILES string of the molecule is Cc1ccccc1CSc1nnc(-c2ccco2)n1CC1CCCO1. The zero-order valence-corrected chi connectivity index (χ0v) is 15.0. The molecule has 6 heteroatoms. The summed E-state index contributed by atoms with van der Waals surface area (Å²) in [7, 11) is 0. The van der Waals surface area contributed by atoms with Crippen LogP contribution in [0.25, 0.3) is 11.6 Å². The van der Waals surface area contributed by atoms with Crippen molar-refractivity contribution in [3.8, 4) is 11.6 Å². The summed E-state index contributed by atoms with van der Waals surface area (Å²) in [6.45, 7) is 3.75. The number of thioether (sulfide) groups is 1. The highest BCUT2D eigenvalue weighted by Crippen LogP contribution is 2.29. The van der Waals surface area contributed by atoms with Crippen molar-refractivity contribution in [3.63, 3.8) is 0 Å². The second kappa shape index (κ2) is 7.45. The molecule has 1 unspecified atom stereocenters.